The standard InChI is InChI=1S/2C5H11NO2.C4H10/c2*1-3(2)4(6)5(7)8;1-3-4-2/h2*3-4H,6H2,1-2H3,(H,7,8);3-4H2,1-2H3/t2*4-;/m00./s1. The third-order valence-electron chi connectivity index (χ3n) is 2.51. The third kappa shape index (κ3) is 16.9. The molecule has 2 atom stereocenters. The number of carbonyl (C=O) groups is 2. The van der Waals surface area contributed by atoms with E-state index < -0.39 is 24.0 Å². The minimum atomic E-state index is -0.931. The van der Waals surface area contributed by atoms with E-state index in [1.807, 2.05) is 0 Å². The highest BCUT2D eigenvalue weighted by molar-refractivity contribution is 5.73. The average Bonchev–Trinajstić information content (AvgIpc) is 2.37. The molecule has 0 saturated heterocycles. The van der Waals surface area contributed by atoms with Gasteiger partial charge in [0.1, 0.15) is 12.1 Å². The Bertz CT molecular complexity index is 230. The van der Waals surface area contributed by atoms with Crippen molar-refractivity contribution in [3.63, 3.8) is 0 Å². The molecule has 0 aliphatic rings. The van der Waals surface area contributed by atoms with Gasteiger partial charge in [-0.15, -0.1) is 0 Å². The Morgan fingerprint density at radius 2 is 1.00 bits per heavy atom. The normalized spacial score (nSPS) is 12.7. The molecule has 6 nitrogen and oxygen atoms in total. The Hall–Kier alpha value is -1.14. The maximum absolute atomic E-state index is 10.0. The van der Waals surface area contributed by atoms with Gasteiger partial charge in [0.05, 0.1) is 0 Å². The summed E-state index contributed by atoms with van der Waals surface area (Å²) in [6.45, 7) is 11.5. The first-order valence-electron chi connectivity index (χ1n) is 6.99. The number of hydrogen-bond donors (Lipinski definition) is 4. The van der Waals surface area contributed by atoms with Crippen LogP contribution in [0.4, 0.5) is 0 Å². The summed E-state index contributed by atoms with van der Waals surface area (Å²) in [6, 6.07) is -1.43. The van der Waals surface area contributed by atoms with E-state index in [0.29, 0.717) is 0 Å². The second-order valence-electron chi connectivity index (χ2n) is 5.22. The van der Waals surface area contributed by atoms with Crippen LogP contribution < -0.4 is 11.5 Å². The summed E-state index contributed by atoms with van der Waals surface area (Å²) in [4.78, 5) is 20.0. The Kier molecular flexibility index (Phi) is 17.1. The highest BCUT2D eigenvalue weighted by Gasteiger charge is 2.14. The molecule has 0 aliphatic carbocycles. The van der Waals surface area contributed by atoms with Crippen molar-refractivity contribution in [2.45, 2.75) is 66.5 Å². The van der Waals surface area contributed by atoms with Crippen LogP contribution in [0.3, 0.4) is 0 Å². The molecule has 0 aromatic heterocycles. The zero-order valence-corrected chi connectivity index (χ0v) is 13.6. The molecule has 6 heteroatoms. The first-order valence-corrected chi connectivity index (χ1v) is 6.99. The van der Waals surface area contributed by atoms with Gasteiger partial charge in [-0.2, -0.15) is 0 Å². The van der Waals surface area contributed by atoms with Gasteiger partial charge in [0.25, 0.3) is 0 Å². The molecule has 0 amide bonds. The monoisotopic (exact) mass is 292 g/mol. The summed E-state index contributed by atoms with van der Waals surface area (Å²) in [5.41, 5.74) is 10.3. The Morgan fingerprint density at radius 1 is 0.800 bits per heavy atom. The van der Waals surface area contributed by atoms with Crippen molar-refractivity contribution in [1.29, 1.82) is 0 Å². The number of aliphatic carboxylic acids is 2. The lowest BCUT2D eigenvalue weighted by molar-refractivity contribution is -0.140. The minimum absolute atomic E-state index is 0.0208. The predicted octanol–water partition coefficient (Wildman–Crippen LogP) is 1.91. The molecular weight excluding hydrogens is 260 g/mol. The lowest BCUT2D eigenvalue weighted by Gasteiger charge is -2.07. The number of rotatable bonds is 5. The van der Waals surface area contributed by atoms with Gasteiger partial charge in [0.2, 0.25) is 0 Å². The van der Waals surface area contributed by atoms with Gasteiger partial charge in [-0.1, -0.05) is 54.4 Å². The van der Waals surface area contributed by atoms with E-state index in [9.17, 15) is 9.59 Å². The molecule has 0 spiro atoms. The van der Waals surface area contributed by atoms with E-state index in [1.165, 1.54) is 12.8 Å². The Morgan fingerprint density at radius 3 is 1.00 bits per heavy atom. The van der Waals surface area contributed by atoms with Crippen molar-refractivity contribution in [3.8, 4) is 0 Å². The van der Waals surface area contributed by atoms with Crippen LogP contribution in [-0.4, -0.2) is 34.2 Å². The Labute approximate surface area is 122 Å². The summed E-state index contributed by atoms with van der Waals surface area (Å²) in [7, 11) is 0. The van der Waals surface area contributed by atoms with Crippen molar-refractivity contribution in [2.75, 3.05) is 0 Å². The number of hydrogen-bond acceptors (Lipinski definition) is 4. The molecule has 0 saturated carbocycles. The predicted molar refractivity (Wildman–Crippen MR) is 81.5 cm³/mol. The van der Waals surface area contributed by atoms with Gasteiger partial charge in [0.15, 0.2) is 0 Å². The summed E-state index contributed by atoms with van der Waals surface area (Å²) >= 11 is 0. The zero-order valence-electron chi connectivity index (χ0n) is 13.6. The van der Waals surface area contributed by atoms with E-state index in [1.54, 1.807) is 27.7 Å². The summed E-state index contributed by atoms with van der Waals surface area (Å²) < 4.78 is 0. The molecule has 0 heterocycles. The SMILES string of the molecule is CC(C)[C@H](N)C(=O)O.CC(C)[C@H](N)C(=O)O.CCCC. The molecule has 0 rings (SSSR count). The van der Waals surface area contributed by atoms with Crippen LogP contribution >= 0.6 is 0 Å². The van der Waals surface area contributed by atoms with Crippen LogP contribution in [0.5, 0.6) is 0 Å². The molecule has 0 fully saturated rings. The fraction of sp³-hybridized carbons (Fsp3) is 0.857. The Balaban J connectivity index is -0.000000230. The van der Waals surface area contributed by atoms with Crippen LogP contribution in [0.15, 0.2) is 0 Å². The zero-order chi connectivity index (χ0) is 16.9. The summed E-state index contributed by atoms with van der Waals surface area (Å²) in [5.74, 6) is -1.82. The van der Waals surface area contributed by atoms with Gasteiger partial charge in [-0.05, 0) is 11.8 Å². The smallest absolute Gasteiger partial charge is 0.320 e. The lowest BCUT2D eigenvalue weighted by atomic mass is 10.1. The quantitative estimate of drug-likeness (QED) is 0.613. The molecule has 0 aromatic rings. The molecule has 122 valence electrons. The molecule has 0 radical (unpaired) electrons. The van der Waals surface area contributed by atoms with E-state index in [2.05, 4.69) is 13.8 Å². The van der Waals surface area contributed by atoms with E-state index >= 15 is 0 Å². The van der Waals surface area contributed by atoms with Crippen molar-refractivity contribution in [2.24, 2.45) is 23.3 Å². The molecule has 20 heavy (non-hydrogen) atoms. The number of unbranched alkanes of at least 4 members (excludes halogenated alkanes) is 1. The van der Waals surface area contributed by atoms with Crippen molar-refractivity contribution < 1.29 is 19.8 Å². The van der Waals surface area contributed by atoms with Gasteiger partial charge in [-0.3, -0.25) is 9.59 Å². The molecule has 0 aliphatic heterocycles. The summed E-state index contributed by atoms with van der Waals surface area (Å²) in [6.07, 6.45) is 2.64. The van der Waals surface area contributed by atoms with Crippen molar-refractivity contribution in [3.05, 3.63) is 0 Å². The van der Waals surface area contributed by atoms with E-state index in [4.69, 9.17) is 21.7 Å². The molecular formula is C14H32N2O4. The van der Waals surface area contributed by atoms with Crippen LogP contribution in [0.1, 0.15) is 54.4 Å². The van der Waals surface area contributed by atoms with Crippen LogP contribution in [0, 0.1) is 11.8 Å². The maximum Gasteiger partial charge on any atom is 0.320 e. The highest BCUT2D eigenvalue weighted by Crippen LogP contribution is 1.96. The molecule has 0 unspecified atom stereocenters. The third-order valence-corrected chi connectivity index (χ3v) is 2.51. The van der Waals surface area contributed by atoms with Crippen LogP contribution in [-0.2, 0) is 9.59 Å². The minimum Gasteiger partial charge on any atom is -0.480 e. The van der Waals surface area contributed by atoms with Gasteiger partial charge >= 0.3 is 11.9 Å². The fourth-order valence-corrected chi connectivity index (χ4v) is 0.570. The largest absolute Gasteiger partial charge is 0.480 e. The van der Waals surface area contributed by atoms with Crippen molar-refractivity contribution >= 4 is 11.9 Å². The number of carboxylic acids is 2. The molecule has 0 bridgehead atoms. The second-order valence-corrected chi connectivity index (χ2v) is 5.22. The van der Waals surface area contributed by atoms with Gasteiger partial charge in [-0.25, -0.2) is 0 Å². The topological polar surface area (TPSA) is 127 Å². The van der Waals surface area contributed by atoms with E-state index in [-0.39, 0.29) is 11.8 Å². The first-order chi connectivity index (χ1) is 9.02. The average molecular weight is 292 g/mol. The molecule has 6 N–H and O–H groups in total. The highest BCUT2D eigenvalue weighted by atomic mass is 16.4. The van der Waals surface area contributed by atoms with Gasteiger partial charge in [0, 0.05) is 0 Å². The van der Waals surface area contributed by atoms with Crippen LogP contribution in [0.2, 0.25) is 0 Å². The van der Waals surface area contributed by atoms with E-state index in [0.717, 1.165) is 0 Å². The lowest BCUT2D eigenvalue weighted by Crippen LogP contribution is -2.34. The van der Waals surface area contributed by atoms with Gasteiger partial charge < -0.3 is 21.7 Å². The number of carboxylic acid groups (broad SMARTS) is 2. The number of nitrogens with two attached hydrogens (primary N) is 2. The summed E-state index contributed by atoms with van der Waals surface area (Å²) in [5, 5.41) is 16.5. The first kappa shape index (κ1) is 23.9. The fourth-order valence-electron chi connectivity index (χ4n) is 0.570. The van der Waals surface area contributed by atoms with Crippen molar-refractivity contribution in [1.82, 2.24) is 0 Å². The second kappa shape index (κ2) is 14.3. The van der Waals surface area contributed by atoms with Crippen LogP contribution in [0.25, 0.3) is 0 Å². The maximum atomic E-state index is 10.0. The molecule has 0 aromatic carbocycles.